The first-order chi connectivity index (χ1) is 27.6. The average molecular weight is 815 g/mol. The summed E-state index contributed by atoms with van der Waals surface area (Å²) in [6, 6.07) is 10.5. The van der Waals surface area contributed by atoms with Gasteiger partial charge in [-0.1, -0.05) is 24.3 Å². The fourth-order valence-corrected chi connectivity index (χ4v) is 8.52. The molecule has 6 rings (SSSR count). The predicted octanol–water partition coefficient (Wildman–Crippen LogP) is 1.47. The van der Waals surface area contributed by atoms with Crippen LogP contribution in [0.4, 0.5) is 16.2 Å². The molecule has 3 aromatic rings. The lowest BCUT2D eigenvalue weighted by Crippen LogP contribution is -2.74. The first kappa shape index (κ1) is 42.3. The fourth-order valence-electron chi connectivity index (χ4n) is 8.52. The maximum atomic E-state index is 14.4. The number of hydrogen-bond acceptors (Lipinski definition) is 15. The number of phenolic OH excluding ortho intramolecular Hbond substituents is 1. The van der Waals surface area contributed by atoms with Crippen LogP contribution in [0.3, 0.4) is 0 Å². The van der Waals surface area contributed by atoms with Crippen LogP contribution in [0, 0.1) is 23.7 Å². The van der Waals surface area contributed by atoms with E-state index in [4.69, 9.17) is 15.2 Å². The summed E-state index contributed by atoms with van der Waals surface area (Å²) in [7, 11) is 6.31. The number of benzene rings is 2. The van der Waals surface area contributed by atoms with Crippen molar-refractivity contribution in [2.75, 3.05) is 51.7 Å². The van der Waals surface area contributed by atoms with Crippen LogP contribution in [0.25, 0.3) is 10.9 Å². The van der Waals surface area contributed by atoms with E-state index in [9.17, 15) is 48.6 Å². The number of ketones is 4. The van der Waals surface area contributed by atoms with E-state index in [0.717, 1.165) is 10.3 Å². The zero-order valence-corrected chi connectivity index (χ0v) is 33.6. The number of nitrogens with two attached hydrogens (primary N) is 1. The molecule has 18 heteroatoms. The minimum absolute atomic E-state index is 0.00623. The topological polar surface area (TPSA) is 256 Å². The van der Waals surface area contributed by atoms with Crippen LogP contribution in [0.15, 0.2) is 42.5 Å². The third kappa shape index (κ3) is 7.37. The first-order valence-electron chi connectivity index (χ1n) is 18.8. The third-order valence-electron chi connectivity index (χ3n) is 11.3. The molecule has 2 saturated carbocycles. The maximum absolute atomic E-state index is 14.4. The first-order valence-corrected chi connectivity index (χ1v) is 18.8. The number of nitrogens with one attached hydrogen (secondary N) is 1. The molecule has 3 aliphatic carbocycles. The summed E-state index contributed by atoms with van der Waals surface area (Å²) in [5, 5.41) is 26.9. The number of pyridine rings is 1. The van der Waals surface area contributed by atoms with Gasteiger partial charge in [0.2, 0.25) is 18.6 Å². The molecule has 2 fully saturated rings. The van der Waals surface area contributed by atoms with Crippen molar-refractivity contribution in [3.05, 3.63) is 59.3 Å². The molecule has 2 aromatic carbocycles. The van der Waals surface area contributed by atoms with E-state index in [1.54, 1.807) is 58.0 Å². The molecule has 3 aliphatic rings. The monoisotopic (exact) mass is 814 g/mol. The molecule has 0 saturated heterocycles. The Kier molecular flexibility index (Phi) is 11.1. The van der Waals surface area contributed by atoms with Crippen molar-refractivity contribution in [3.63, 3.8) is 0 Å². The number of aromatic hydroxyl groups is 1. The van der Waals surface area contributed by atoms with Crippen LogP contribution in [0.2, 0.25) is 0 Å². The van der Waals surface area contributed by atoms with Gasteiger partial charge in [-0.05, 0) is 77.4 Å². The van der Waals surface area contributed by atoms with Gasteiger partial charge < -0.3 is 35.6 Å². The smallest absolute Gasteiger partial charge is 0.413 e. The van der Waals surface area contributed by atoms with Gasteiger partial charge in [-0.2, -0.15) is 0 Å². The Balaban J connectivity index is 1.23. The number of hydrogen-bond donors (Lipinski definition) is 4. The van der Waals surface area contributed by atoms with Crippen LogP contribution in [-0.4, -0.2) is 131 Å². The van der Waals surface area contributed by atoms with Gasteiger partial charge >= 0.3 is 12.1 Å². The lowest BCUT2D eigenvalue weighted by atomic mass is 9.52. The number of carbonyl (C=O) groups excluding carboxylic acids is 8. The molecule has 0 spiro atoms. The molecular formula is C41H46N6O12. The van der Waals surface area contributed by atoms with E-state index >= 15 is 0 Å². The Labute approximate surface area is 338 Å². The molecule has 1 heterocycles. The Morgan fingerprint density at radius 2 is 1.66 bits per heavy atom. The number of likely N-dealkylation sites (N-methyl/N-ethyl adjacent to an activating group) is 1. The fraction of sp³-hybridized carbons (Fsp3) is 0.439. The molecule has 0 radical (unpaired) electrons. The lowest BCUT2D eigenvalue weighted by Gasteiger charge is -2.52. The molecule has 2 unspecified atom stereocenters. The van der Waals surface area contributed by atoms with Crippen molar-refractivity contribution >= 4 is 69.3 Å². The number of aromatic nitrogens is 1. The van der Waals surface area contributed by atoms with Crippen LogP contribution in [0.5, 0.6) is 5.75 Å². The summed E-state index contributed by atoms with van der Waals surface area (Å²) in [5.74, 6) is -13.9. The average Bonchev–Trinajstić information content (AvgIpc) is 3.15. The van der Waals surface area contributed by atoms with Gasteiger partial charge in [-0.25, -0.2) is 14.6 Å². The van der Waals surface area contributed by atoms with Gasteiger partial charge in [0.1, 0.15) is 18.0 Å². The maximum Gasteiger partial charge on any atom is 0.413 e. The van der Waals surface area contributed by atoms with Crippen molar-refractivity contribution in [1.29, 1.82) is 0 Å². The minimum atomic E-state index is -2.90. The quantitative estimate of drug-likeness (QED) is 0.103. The Hall–Kier alpha value is -6.27. The number of primary amides is 1. The van der Waals surface area contributed by atoms with E-state index in [2.05, 4.69) is 10.3 Å². The van der Waals surface area contributed by atoms with E-state index in [0.29, 0.717) is 16.8 Å². The summed E-state index contributed by atoms with van der Waals surface area (Å²) in [4.78, 5) is 116. The van der Waals surface area contributed by atoms with Crippen LogP contribution < -0.4 is 16.0 Å². The number of amides is 3. The zero-order chi connectivity index (χ0) is 43.5. The summed E-state index contributed by atoms with van der Waals surface area (Å²) in [6.07, 6.45) is -1.14. The van der Waals surface area contributed by atoms with E-state index in [1.807, 2.05) is 12.1 Å². The molecule has 6 atom stereocenters. The van der Waals surface area contributed by atoms with Gasteiger partial charge in [0.05, 0.1) is 28.7 Å². The van der Waals surface area contributed by atoms with Crippen molar-refractivity contribution in [2.24, 2.45) is 29.4 Å². The molecular weight excluding hydrogens is 768 g/mol. The Morgan fingerprint density at radius 1 is 0.983 bits per heavy atom. The highest BCUT2D eigenvalue weighted by molar-refractivity contribution is 6.32. The lowest BCUT2D eigenvalue weighted by molar-refractivity contribution is -0.181. The molecule has 3 amide bonds. The zero-order valence-electron chi connectivity index (χ0n) is 33.6. The highest BCUT2D eigenvalue weighted by atomic mass is 16.7. The van der Waals surface area contributed by atoms with Crippen molar-refractivity contribution in [2.45, 2.75) is 50.8 Å². The second kappa shape index (κ2) is 15.5. The van der Waals surface area contributed by atoms with E-state index < -0.39 is 107 Å². The third-order valence-corrected chi connectivity index (χ3v) is 11.3. The van der Waals surface area contributed by atoms with Gasteiger partial charge in [0.25, 0.3) is 0 Å². The second-order valence-electron chi connectivity index (χ2n) is 16.5. The molecule has 312 valence electrons. The number of anilines is 2. The number of aliphatic hydroxyl groups is 1. The number of nitrogens with zero attached hydrogens (tertiary/aromatic N) is 4. The molecule has 5 N–H and O–H groups in total. The highest BCUT2D eigenvalue weighted by Crippen LogP contribution is 2.52. The second-order valence-corrected chi connectivity index (χ2v) is 16.5. The van der Waals surface area contributed by atoms with E-state index in [1.165, 1.54) is 31.1 Å². The molecule has 0 bridgehead atoms. The van der Waals surface area contributed by atoms with Crippen molar-refractivity contribution < 1.29 is 58.0 Å². The van der Waals surface area contributed by atoms with Crippen molar-refractivity contribution in [1.82, 2.24) is 14.8 Å². The largest absolute Gasteiger partial charge is 0.505 e. The molecule has 18 nitrogen and oxygen atoms in total. The number of ether oxygens (including phenoxy) is 2. The normalized spacial score (nSPS) is 23.8. The SMILES string of the molecule is CN(C)c1cc(NC(=O)CN(C(=O)OCOC(=O)c2ccc3ccccc3n2)C(C)(C)C)c(O)c2c1C[C@H]1C[C@H]3[C@H](N(C)C)C(=O)C(C(N)=O)C(=O)[C@@]3(O)C(=O)C1C2=O. The van der Waals surface area contributed by atoms with Gasteiger partial charge in [0.15, 0.2) is 34.7 Å². The number of phenols is 1. The number of fused-ring (bicyclic) bond motifs is 4. The number of para-hydroxylation sites is 1. The van der Waals surface area contributed by atoms with Crippen LogP contribution in [0.1, 0.15) is 53.6 Å². The van der Waals surface area contributed by atoms with Gasteiger partial charge in [-0.3, -0.25) is 38.6 Å². The van der Waals surface area contributed by atoms with E-state index in [-0.39, 0.29) is 29.8 Å². The van der Waals surface area contributed by atoms with Crippen molar-refractivity contribution in [3.8, 4) is 5.75 Å². The number of esters is 1. The highest BCUT2D eigenvalue weighted by Gasteiger charge is 2.69. The molecule has 1 aromatic heterocycles. The predicted molar refractivity (Wildman–Crippen MR) is 209 cm³/mol. The summed E-state index contributed by atoms with van der Waals surface area (Å²) in [6.45, 7) is 3.46. The minimum Gasteiger partial charge on any atom is -0.505 e. The number of rotatable bonds is 9. The Bertz CT molecular complexity index is 2320. The Morgan fingerprint density at radius 3 is 2.29 bits per heavy atom. The van der Waals surface area contributed by atoms with Gasteiger partial charge in [-0.15, -0.1) is 0 Å². The van der Waals surface area contributed by atoms with Crippen LogP contribution in [-0.2, 0) is 39.9 Å². The number of carbonyl (C=O) groups is 8. The summed E-state index contributed by atoms with van der Waals surface area (Å²) in [5.41, 5.74) is 2.18. The number of Topliss-reactive ketones (excluding diaryl/α,β-unsaturated/α-hetero) is 4. The summed E-state index contributed by atoms with van der Waals surface area (Å²) < 4.78 is 10.3. The van der Waals surface area contributed by atoms with Crippen LogP contribution >= 0.6 is 0 Å². The standard InChI is InChI=1S/C41H46N6O12/c1-40(2,3)47(39(56)59-18-58-38(55)24-13-12-19-10-8-9-11-23(19)43-24)17-27(48)44-25-16-26(45(4)5)21-14-20-15-22-31(46(6)7)34(51)30(37(42)54)36(53)41(22,57)35(52)28(20)33(50)29(21)32(25)49/h8-13,16,20,22,28,30-31,49,57H,14-15,17-18H2,1-7H3,(H2,42,54)(H,44,48)/t20-,22-,28?,30?,31-,41-/m0/s1. The molecule has 59 heavy (non-hydrogen) atoms. The van der Waals surface area contributed by atoms with Gasteiger partial charge in [0, 0.05) is 36.6 Å². The summed E-state index contributed by atoms with van der Waals surface area (Å²) >= 11 is 0. The molecule has 0 aliphatic heterocycles.